The highest BCUT2D eigenvalue weighted by Gasteiger charge is 2.13. The molecule has 8 heteroatoms. The van der Waals surface area contributed by atoms with Gasteiger partial charge >= 0.3 is 5.97 Å². The smallest absolute Gasteiger partial charge is 0.335 e. The molecule has 3 N–H and O–H groups in total. The van der Waals surface area contributed by atoms with Crippen LogP contribution in [-0.4, -0.2) is 30.7 Å². The van der Waals surface area contributed by atoms with Crippen LogP contribution in [0.4, 0.5) is 0 Å². The summed E-state index contributed by atoms with van der Waals surface area (Å²) in [5, 5.41) is 13.5. The average molecular weight is 343 g/mol. The van der Waals surface area contributed by atoms with Crippen molar-refractivity contribution in [3.8, 4) is 0 Å². The summed E-state index contributed by atoms with van der Waals surface area (Å²) in [6.07, 6.45) is 3.13. The second-order valence-corrected chi connectivity index (χ2v) is 6.63. The minimum Gasteiger partial charge on any atom is -0.478 e. The molecule has 122 valence electrons. The van der Waals surface area contributed by atoms with Crippen molar-refractivity contribution in [2.75, 3.05) is 0 Å². The fraction of sp³-hybridized carbons (Fsp3) is 0. The molecule has 0 saturated carbocycles. The Labute approximate surface area is 137 Å². The van der Waals surface area contributed by atoms with E-state index in [2.05, 4.69) is 14.9 Å². The number of para-hydroxylation sites is 1. The predicted octanol–water partition coefficient (Wildman–Crippen LogP) is 2.18. The van der Waals surface area contributed by atoms with Gasteiger partial charge in [-0.25, -0.2) is 9.63 Å². The van der Waals surface area contributed by atoms with Crippen LogP contribution in [0.1, 0.15) is 15.9 Å². The van der Waals surface area contributed by atoms with Gasteiger partial charge in [0.15, 0.2) is 0 Å². The first kappa shape index (κ1) is 15.8. The molecule has 0 saturated heterocycles. The molecular formula is C16H13N3O4S. The van der Waals surface area contributed by atoms with Gasteiger partial charge in [-0.2, -0.15) is 13.5 Å². The van der Waals surface area contributed by atoms with E-state index in [9.17, 15) is 13.2 Å². The Morgan fingerprint density at radius 1 is 1.12 bits per heavy atom. The maximum Gasteiger partial charge on any atom is 0.335 e. The Kier molecular flexibility index (Phi) is 4.05. The number of fused-ring (bicyclic) bond motifs is 1. The van der Waals surface area contributed by atoms with Crippen LogP contribution >= 0.6 is 0 Å². The number of aromatic carboxylic acids is 1. The molecule has 2 aromatic carbocycles. The van der Waals surface area contributed by atoms with E-state index in [1.54, 1.807) is 6.20 Å². The van der Waals surface area contributed by atoms with Gasteiger partial charge in [0.2, 0.25) is 0 Å². The number of hydrazone groups is 1. The van der Waals surface area contributed by atoms with Gasteiger partial charge in [0.05, 0.1) is 16.7 Å². The van der Waals surface area contributed by atoms with Crippen molar-refractivity contribution in [3.05, 3.63) is 65.9 Å². The van der Waals surface area contributed by atoms with Crippen molar-refractivity contribution in [3.63, 3.8) is 0 Å². The molecule has 0 unspecified atom stereocenters. The first-order valence-corrected chi connectivity index (χ1v) is 8.40. The maximum atomic E-state index is 12.1. The molecule has 3 aromatic rings. The molecule has 0 aliphatic rings. The number of carbonyl (C=O) groups is 1. The number of hydrogen-bond donors (Lipinski definition) is 3. The summed E-state index contributed by atoms with van der Waals surface area (Å²) in [6, 6.07) is 12.4. The molecule has 0 aliphatic carbocycles. The second kappa shape index (κ2) is 6.17. The summed E-state index contributed by atoms with van der Waals surface area (Å²) in [5.74, 6) is -1.12. The fourth-order valence-corrected chi connectivity index (χ4v) is 2.99. The Morgan fingerprint density at radius 3 is 2.54 bits per heavy atom. The van der Waals surface area contributed by atoms with E-state index < -0.39 is 16.0 Å². The highest BCUT2D eigenvalue weighted by atomic mass is 32.2. The molecule has 24 heavy (non-hydrogen) atoms. The van der Waals surface area contributed by atoms with E-state index in [0.29, 0.717) is 0 Å². The van der Waals surface area contributed by atoms with Crippen LogP contribution in [0.2, 0.25) is 0 Å². The van der Waals surface area contributed by atoms with E-state index in [1.165, 1.54) is 30.5 Å². The normalized spacial score (nSPS) is 11.8. The molecule has 1 aromatic heterocycles. The summed E-state index contributed by atoms with van der Waals surface area (Å²) in [7, 11) is -3.86. The first-order valence-electron chi connectivity index (χ1n) is 6.92. The molecule has 0 spiro atoms. The van der Waals surface area contributed by atoms with Gasteiger partial charge in [-0.05, 0) is 30.3 Å². The quantitative estimate of drug-likeness (QED) is 0.487. The third-order valence-corrected chi connectivity index (χ3v) is 4.65. The summed E-state index contributed by atoms with van der Waals surface area (Å²) < 4.78 is 24.3. The largest absolute Gasteiger partial charge is 0.478 e. The van der Waals surface area contributed by atoms with Gasteiger partial charge in [0.1, 0.15) is 0 Å². The number of nitrogens with zero attached hydrogens (tertiary/aromatic N) is 1. The summed E-state index contributed by atoms with van der Waals surface area (Å²) >= 11 is 0. The first-order chi connectivity index (χ1) is 11.5. The molecule has 0 fully saturated rings. The Balaban J connectivity index is 1.78. The van der Waals surface area contributed by atoms with Crippen LogP contribution in [0.5, 0.6) is 0 Å². The van der Waals surface area contributed by atoms with Gasteiger partial charge in [0, 0.05) is 22.7 Å². The van der Waals surface area contributed by atoms with Crippen molar-refractivity contribution in [1.82, 2.24) is 9.82 Å². The SMILES string of the molecule is O=C(O)c1ccc(S(=O)(=O)N/N=C/c2c[nH]c3ccccc23)cc1. The van der Waals surface area contributed by atoms with Gasteiger partial charge in [-0.15, -0.1) is 0 Å². The molecule has 0 bridgehead atoms. The number of aromatic nitrogens is 1. The maximum absolute atomic E-state index is 12.1. The van der Waals surface area contributed by atoms with E-state index in [-0.39, 0.29) is 10.5 Å². The van der Waals surface area contributed by atoms with Gasteiger partial charge in [-0.3, -0.25) is 0 Å². The zero-order valence-corrected chi connectivity index (χ0v) is 13.1. The van der Waals surface area contributed by atoms with Crippen LogP contribution in [0, 0.1) is 0 Å². The van der Waals surface area contributed by atoms with Crippen LogP contribution in [0.25, 0.3) is 10.9 Å². The molecule has 0 radical (unpaired) electrons. The van der Waals surface area contributed by atoms with Crippen LogP contribution in [0.3, 0.4) is 0 Å². The standard InChI is InChI=1S/C16H13N3O4S/c20-16(21)11-5-7-13(8-6-11)24(22,23)19-18-10-12-9-17-15-4-2-1-3-14(12)15/h1-10,17,19H,(H,20,21)/b18-10+. The molecule has 0 atom stereocenters. The number of carboxylic acids is 1. The summed E-state index contributed by atoms with van der Waals surface area (Å²) in [5.41, 5.74) is 1.68. The van der Waals surface area contributed by atoms with Crippen molar-refractivity contribution >= 4 is 33.1 Å². The van der Waals surface area contributed by atoms with Gasteiger partial charge in [0.25, 0.3) is 10.0 Å². The average Bonchev–Trinajstić information content (AvgIpc) is 2.98. The number of carboxylic acid groups (broad SMARTS) is 1. The van der Waals surface area contributed by atoms with Crippen molar-refractivity contribution in [2.45, 2.75) is 4.90 Å². The van der Waals surface area contributed by atoms with E-state index >= 15 is 0 Å². The molecular weight excluding hydrogens is 330 g/mol. The molecule has 0 aliphatic heterocycles. The zero-order valence-electron chi connectivity index (χ0n) is 12.3. The van der Waals surface area contributed by atoms with Crippen molar-refractivity contribution in [1.29, 1.82) is 0 Å². The number of H-pyrrole nitrogens is 1. The second-order valence-electron chi connectivity index (χ2n) is 4.97. The lowest BCUT2D eigenvalue weighted by Crippen LogP contribution is -2.18. The van der Waals surface area contributed by atoms with E-state index in [4.69, 9.17) is 5.11 Å². The minimum atomic E-state index is -3.86. The Morgan fingerprint density at radius 2 is 1.83 bits per heavy atom. The van der Waals surface area contributed by atoms with Crippen LogP contribution in [0.15, 0.2) is 64.7 Å². The Bertz CT molecular complexity index is 1020. The third kappa shape index (κ3) is 3.13. The van der Waals surface area contributed by atoms with Gasteiger partial charge in [-0.1, -0.05) is 18.2 Å². The summed E-state index contributed by atoms with van der Waals surface area (Å²) in [6.45, 7) is 0. The Hall–Kier alpha value is -3.13. The van der Waals surface area contributed by atoms with Crippen molar-refractivity contribution in [2.24, 2.45) is 5.10 Å². The third-order valence-electron chi connectivity index (χ3n) is 3.41. The highest BCUT2D eigenvalue weighted by Crippen LogP contribution is 2.16. The lowest BCUT2D eigenvalue weighted by atomic mass is 10.2. The number of aromatic amines is 1. The fourth-order valence-electron chi connectivity index (χ4n) is 2.20. The molecule has 1 heterocycles. The molecule has 3 rings (SSSR count). The number of nitrogens with one attached hydrogen (secondary N) is 2. The topological polar surface area (TPSA) is 112 Å². The zero-order chi connectivity index (χ0) is 17.2. The number of sulfonamides is 1. The highest BCUT2D eigenvalue weighted by molar-refractivity contribution is 7.89. The van der Waals surface area contributed by atoms with Crippen LogP contribution < -0.4 is 4.83 Å². The van der Waals surface area contributed by atoms with Crippen LogP contribution in [-0.2, 0) is 10.0 Å². The number of benzene rings is 2. The van der Waals surface area contributed by atoms with E-state index in [0.717, 1.165) is 16.5 Å². The lowest BCUT2D eigenvalue weighted by molar-refractivity contribution is 0.0696. The molecule has 7 nitrogen and oxygen atoms in total. The summed E-state index contributed by atoms with van der Waals surface area (Å²) in [4.78, 5) is 15.9. The van der Waals surface area contributed by atoms with Gasteiger partial charge < -0.3 is 10.1 Å². The lowest BCUT2D eigenvalue weighted by Gasteiger charge is -2.03. The minimum absolute atomic E-state index is 0.0104. The monoisotopic (exact) mass is 343 g/mol. The van der Waals surface area contributed by atoms with E-state index in [1.807, 2.05) is 24.3 Å². The predicted molar refractivity (Wildman–Crippen MR) is 89.6 cm³/mol. The molecule has 0 amide bonds. The van der Waals surface area contributed by atoms with Crippen molar-refractivity contribution < 1.29 is 18.3 Å². The number of hydrogen-bond acceptors (Lipinski definition) is 4. The number of rotatable bonds is 5.